The largest absolute Gasteiger partial charge is 0.414 e. The predicted octanol–water partition coefficient (Wildman–Crippen LogP) is 4.63. The molecule has 14 heteroatoms. The summed E-state index contributed by atoms with van der Waals surface area (Å²) in [4.78, 5) is 24.4. The number of hydrogen-bond donors (Lipinski definition) is 3. The fraction of sp³-hybridized carbons (Fsp3) is 0.750. The molecule has 0 spiro atoms. The van der Waals surface area contributed by atoms with Crippen molar-refractivity contribution in [2.24, 2.45) is 0 Å². The van der Waals surface area contributed by atoms with E-state index in [9.17, 15) is 9.90 Å². The van der Waals surface area contributed by atoms with E-state index in [4.69, 9.17) is 17.7 Å². The molecule has 42 heavy (non-hydrogen) atoms. The van der Waals surface area contributed by atoms with Crippen molar-refractivity contribution in [2.75, 3.05) is 19.0 Å². The molecule has 2 saturated heterocycles. The number of nitrogens with one attached hydrogen (secondary N) is 2. The van der Waals surface area contributed by atoms with Crippen molar-refractivity contribution in [3.05, 3.63) is 16.7 Å². The lowest BCUT2D eigenvalue weighted by atomic mass is 9.95. The van der Waals surface area contributed by atoms with E-state index in [1.165, 1.54) is 6.33 Å². The number of aromatic nitrogens is 4. The summed E-state index contributed by atoms with van der Waals surface area (Å²) in [5, 5.41) is 15.6. The molecule has 234 valence electrons. The predicted molar refractivity (Wildman–Crippen MR) is 171 cm³/mol. The monoisotopic (exact) mass is 635 g/mol. The fourth-order valence-electron chi connectivity index (χ4n) is 6.10. The molecule has 4 heterocycles. The van der Waals surface area contributed by atoms with Crippen LogP contribution >= 0.6 is 0 Å². The Morgan fingerprint density at radius 2 is 1.69 bits per heavy atom. The maximum atomic E-state index is 12.8. The molecular weight excluding hydrogens is 587 g/mol. The number of hydrogen-bond acceptors (Lipinski definition) is 9. The molecular formula is C28H49N5O6Si3. The van der Waals surface area contributed by atoms with Crippen LogP contribution in [0.25, 0.3) is 11.2 Å². The summed E-state index contributed by atoms with van der Waals surface area (Å²) in [6, 6.07) is 0. The average Bonchev–Trinajstić information content (AvgIpc) is 3.40. The molecule has 11 nitrogen and oxygen atoms in total. The number of anilines is 1. The fourth-order valence-corrected chi connectivity index (χ4v) is 17.9. The van der Waals surface area contributed by atoms with Gasteiger partial charge in [0.05, 0.1) is 12.9 Å². The summed E-state index contributed by atoms with van der Waals surface area (Å²) < 4.78 is 29.8. The number of nitrogens with zero attached hydrogens (tertiary/aromatic N) is 3. The van der Waals surface area contributed by atoms with E-state index in [-0.39, 0.29) is 45.9 Å². The summed E-state index contributed by atoms with van der Waals surface area (Å²) >= 11 is 0. The van der Waals surface area contributed by atoms with Gasteiger partial charge in [0.15, 0.2) is 23.0 Å². The number of rotatable bonds is 6. The number of aromatic amines is 1. The SMILES string of the molecule is CNc1nc2c(ncn2[C@@H]2O[C@H]3CO[Si](C(C)C)(C(C)C)O[Si](C(C)C)(C(C)C)O[C@@H]3C2(O)C#C[Si](C)(C)C)c(=O)[nH]1. The zero-order chi connectivity index (χ0) is 31.4. The van der Waals surface area contributed by atoms with Gasteiger partial charge in [-0.3, -0.25) is 14.3 Å². The normalized spacial score (nSPS) is 27.7. The first-order valence-corrected chi connectivity index (χ1v) is 22.4. The second-order valence-electron chi connectivity index (χ2n) is 13.9. The van der Waals surface area contributed by atoms with Gasteiger partial charge < -0.3 is 28.1 Å². The van der Waals surface area contributed by atoms with Gasteiger partial charge in [-0.25, -0.2) is 4.98 Å². The van der Waals surface area contributed by atoms with Gasteiger partial charge in [-0.2, -0.15) is 4.98 Å². The van der Waals surface area contributed by atoms with Gasteiger partial charge in [0.25, 0.3) is 5.56 Å². The summed E-state index contributed by atoms with van der Waals surface area (Å²) in [6.45, 7) is 23.8. The lowest BCUT2D eigenvalue weighted by molar-refractivity contribution is -0.0706. The first-order valence-electron chi connectivity index (χ1n) is 15.0. The molecule has 2 aliphatic rings. The molecule has 2 aromatic heterocycles. The number of ether oxygens (including phenoxy) is 1. The van der Waals surface area contributed by atoms with Crippen molar-refractivity contribution in [2.45, 2.75) is 121 Å². The van der Waals surface area contributed by atoms with E-state index < -0.39 is 54.8 Å². The van der Waals surface area contributed by atoms with Crippen molar-refractivity contribution in [3.8, 4) is 11.5 Å². The molecule has 0 bridgehead atoms. The first kappa shape index (κ1) is 33.1. The highest BCUT2D eigenvalue weighted by atomic mass is 28.5. The van der Waals surface area contributed by atoms with Crippen LogP contribution < -0.4 is 10.9 Å². The molecule has 4 rings (SSSR count). The standard InChI is InChI=1S/C28H49N5O6Si3/c1-17(2)41(18(3)4)36-15-21-23(38-42(39-41,19(5)6)20(7)8)28(35,13-14-40(10,11)12)26(37-21)33-16-30-22-24(33)31-27(29-9)32-25(22)34/h16-21,23,26,35H,15H2,1-12H3,(H2,29,31,32,34)/t21-,23-,26+,28?/m0/s1. The van der Waals surface area contributed by atoms with E-state index >= 15 is 0 Å². The molecule has 0 saturated carbocycles. The molecule has 0 radical (unpaired) electrons. The van der Waals surface area contributed by atoms with Crippen LogP contribution in [0.4, 0.5) is 5.95 Å². The van der Waals surface area contributed by atoms with Gasteiger partial charge in [0.2, 0.25) is 5.95 Å². The van der Waals surface area contributed by atoms with Crippen molar-refractivity contribution in [1.29, 1.82) is 0 Å². The van der Waals surface area contributed by atoms with Crippen molar-refractivity contribution < 1.29 is 22.8 Å². The van der Waals surface area contributed by atoms with E-state index in [0.717, 1.165) is 0 Å². The minimum Gasteiger partial charge on any atom is -0.414 e. The Balaban J connectivity index is 1.97. The molecule has 0 amide bonds. The van der Waals surface area contributed by atoms with Crippen LogP contribution in [0.2, 0.25) is 41.8 Å². The zero-order valence-electron chi connectivity index (χ0n) is 27.2. The highest BCUT2D eigenvalue weighted by Crippen LogP contribution is 2.51. The first-order chi connectivity index (χ1) is 19.4. The van der Waals surface area contributed by atoms with Gasteiger partial charge >= 0.3 is 17.1 Å². The molecule has 0 aliphatic carbocycles. The Hall–Kier alpha value is -1.84. The van der Waals surface area contributed by atoms with E-state index in [0.29, 0.717) is 0 Å². The summed E-state index contributed by atoms with van der Waals surface area (Å²) in [6.07, 6.45) is -1.08. The minimum absolute atomic E-state index is 0.0602. The van der Waals surface area contributed by atoms with Gasteiger partial charge in [0, 0.05) is 7.05 Å². The Kier molecular flexibility index (Phi) is 9.12. The van der Waals surface area contributed by atoms with Crippen LogP contribution in [-0.4, -0.2) is 81.3 Å². The quantitative estimate of drug-likeness (QED) is 0.307. The van der Waals surface area contributed by atoms with Crippen LogP contribution in [-0.2, 0) is 17.7 Å². The van der Waals surface area contributed by atoms with Crippen LogP contribution in [0.1, 0.15) is 61.6 Å². The van der Waals surface area contributed by atoms with Crippen LogP contribution in [0.5, 0.6) is 0 Å². The van der Waals surface area contributed by atoms with Crippen molar-refractivity contribution in [1.82, 2.24) is 19.5 Å². The maximum absolute atomic E-state index is 12.8. The molecule has 0 aromatic carbocycles. The van der Waals surface area contributed by atoms with E-state index in [1.807, 2.05) is 0 Å². The van der Waals surface area contributed by atoms with E-state index in [2.05, 4.69) is 107 Å². The molecule has 2 aliphatic heterocycles. The highest BCUT2D eigenvalue weighted by molar-refractivity contribution is 6.84. The molecule has 4 atom stereocenters. The van der Waals surface area contributed by atoms with Crippen LogP contribution in [0.3, 0.4) is 0 Å². The lowest BCUT2D eigenvalue weighted by Gasteiger charge is -2.51. The van der Waals surface area contributed by atoms with Gasteiger partial charge in [-0.15, -0.1) is 5.54 Å². The third-order valence-corrected chi connectivity index (χ3v) is 19.4. The summed E-state index contributed by atoms with van der Waals surface area (Å²) in [5.74, 6) is 3.51. The Bertz CT molecular complexity index is 1390. The Labute approximate surface area is 252 Å². The zero-order valence-corrected chi connectivity index (χ0v) is 30.2. The van der Waals surface area contributed by atoms with Gasteiger partial charge in [-0.05, 0) is 22.2 Å². The Morgan fingerprint density at radius 3 is 2.21 bits per heavy atom. The molecule has 3 N–H and O–H groups in total. The molecule has 2 aromatic rings. The van der Waals surface area contributed by atoms with Gasteiger partial charge in [-0.1, -0.05) is 81.0 Å². The summed E-state index contributed by atoms with van der Waals surface area (Å²) in [5.41, 5.74) is 2.05. The molecule has 2 fully saturated rings. The third kappa shape index (κ3) is 5.58. The number of aliphatic hydroxyl groups is 1. The lowest BCUT2D eigenvalue weighted by Crippen LogP contribution is -2.67. The topological polar surface area (TPSA) is 133 Å². The van der Waals surface area contributed by atoms with Gasteiger partial charge in [0.1, 0.15) is 20.3 Å². The Morgan fingerprint density at radius 1 is 1.10 bits per heavy atom. The second kappa shape index (κ2) is 11.6. The van der Waals surface area contributed by atoms with Crippen molar-refractivity contribution in [3.63, 3.8) is 0 Å². The van der Waals surface area contributed by atoms with Crippen LogP contribution in [0.15, 0.2) is 11.1 Å². The number of fused-ring (bicyclic) bond motifs is 2. The number of imidazole rings is 1. The number of H-pyrrole nitrogens is 1. The van der Waals surface area contributed by atoms with E-state index in [1.54, 1.807) is 11.6 Å². The highest BCUT2D eigenvalue weighted by Gasteiger charge is 2.65. The average molecular weight is 636 g/mol. The minimum atomic E-state index is -3.09. The smallest absolute Gasteiger partial charge is 0.335 e. The molecule has 1 unspecified atom stereocenters. The summed E-state index contributed by atoms with van der Waals surface area (Å²) in [7, 11) is -6.20. The third-order valence-electron chi connectivity index (χ3n) is 8.33. The van der Waals surface area contributed by atoms with Crippen LogP contribution in [0, 0.1) is 11.5 Å². The van der Waals surface area contributed by atoms with Crippen molar-refractivity contribution >= 4 is 42.3 Å². The maximum Gasteiger partial charge on any atom is 0.335 e. The second-order valence-corrected chi connectivity index (χ2v) is 27.4.